The van der Waals surface area contributed by atoms with E-state index in [1.807, 2.05) is 0 Å². The number of hydrogen-bond donors (Lipinski definition) is 6. The lowest BCUT2D eigenvalue weighted by Crippen LogP contribution is -2.62. The quantitative estimate of drug-likeness (QED) is 0.131. The van der Waals surface area contributed by atoms with Crippen LogP contribution in [-0.4, -0.2) is 134 Å². The van der Waals surface area contributed by atoms with Crippen LogP contribution < -0.4 is 21.7 Å². The van der Waals surface area contributed by atoms with Crippen LogP contribution in [0.1, 0.15) is 87.0 Å². The third-order valence-electron chi connectivity index (χ3n) is 10.0. The summed E-state index contributed by atoms with van der Waals surface area (Å²) in [6.07, 6.45) is 1.67. The van der Waals surface area contributed by atoms with E-state index in [0.29, 0.717) is 45.1 Å². The highest BCUT2D eigenvalue weighted by atomic mass is 16.4. The van der Waals surface area contributed by atoms with Crippen LogP contribution in [0.15, 0.2) is 0 Å². The van der Waals surface area contributed by atoms with Crippen molar-refractivity contribution >= 4 is 41.4 Å². The van der Waals surface area contributed by atoms with Gasteiger partial charge in [0.2, 0.25) is 35.4 Å². The summed E-state index contributed by atoms with van der Waals surface area (Å²) in [5.41, 5.74) is 5.84. The highest BCUT2D eigenvalue weighted by Gasteiger charge is 2.45. The molecule has 0 spiro atoms. The number of amides is 6. The number of carbonyl (C=O) groups excluding carboxylic acids is 6. The van der Waals surface area contributed by atoms with Gasteiger partial charge in [0.25, 0.3) is 0 Å². The molecule has 0 aromatic carbocycles. The molecular formula is C34H57N7O9. The van der Waals surface area contributed by atoms with E-state index >= 15 is 0 Å². The van der Waals surface area contributed by atoms with Crippen molar-refractivity contribution in [1.82, 2.24) is 30.7 Å². The molecule has 3 aliphatic heterocycles. The number of aliphatic carboxylic acids is 1. The lowest BCUT2D eigenvalue weighted by Gasteiger charge is -2.34. The first kappa shape index (κ1) is 40.6. The third-order valence-corrected chi connectivity index (χ3v) is 10.0. The SMILES string of the molecule is CC(C)[C@H](NC(=O)[C@@H](NC(=O)[C@@H]1CCCN1C(=O)[C@@H](N)[C@@H](C)O)C(C)C)C(=O)N[C@H](C(=O)N1CCC[C@H]1C(=O)N1CCC[C@H]1C(=O)O)C(C)C. The van der Waals surface area contributed by atoms with Gasteiger partial charge >= 0.3 is 5.97 Å². The lowest BCUT2D eigenvalue weighted by molar-refractivity contribution is -0.152. The van der Waals surface area contributed by atoms with Crippen molar-refractivity contribution in [2.75, 3.05) is 19.6 Å². The Hall–Kier alpha value is -3.79. The van der Waals surface area contributed by atoms with Crippen LogP contribution in [-0.2, 0) is 33.6 Å². The average Bonchev–Trinajstić information content (AvgIpc) is 3.84. The molecule has 0 radical (unpaired) electrons. The first-order valence-corrected chi connectivity index (χ1v) is 17.9. The van der Waals surface area contributed by atoms with E-state index in [1.165, 1.54) is 21.6 Å². The predicted molar refractivity (Wildman–Crippen MR) is 182 cm³/mol. The minimum Gasteiger partial charge on any atom is -0.480 e. The molecule has 50 heavy (non-hydrogen) atoms. The van der Waals surface area contributed by atoms with Gasteiger partial charge in [-0.05, 0) is 63.2 Å². The van der Waals surface area contributed by atoms with Crippen LogP contribution in [0.2, 0.25) is 0 Å². The number of likely N-dealkylation sites (tertiary alicyclic amines) is 3. The summed E-state index contributed by atoms with van der Waals surface area (Å²) >= 11 is 0. The second kappa shape index (κ2) is 17.4. The molecule has 0 aromatic rings. The highest BCUT2D eigenvalue weighted by molar-refractivity contribution is 5.97. The van der Waals surface area contributed by atoms with E-state index in [1.54, 1.807) is 41.5 Å². The minimum atomic E-state index is -1.19. The number of hydrogen-bond acceptors (Lipinski definition) is 9. The van der Waals surface area contributed by atoms with Crippen LogP contribution in [0.3, 0.4) is 0 Å². The number of carboxylic acid groups (broad SMARTS) is 1. The summed E-state index contributed by atoms with van der Waals surface area (Å²) < 4.78 is 0. The van der Waals surface area contributed by atoms with Crippen molar-refractivity contribution in [3.63, 3.8) is 0 Å². The molecule has 6 amide bonds. The average molecular weight is 708 g/mol. The Morgan fingerprint density at radius 3 is 1.50 bits per heavy atom. The molecule has 282 valence electrons. The minimum absolute atomic E-state index is 0.286. The van der Waals surface area contributed by atoms with E-state index in [0.717, 1.165) is 0 Å². The number of nitrogens with two attached hydrogens (primary N) is 1. The topological polar surface area (TPSA) is 232 Å². The monoisotopic (exact) mass is 707 g/mol. The molecule has 3 fully saturated rings. The summed E-state index contributed by atoms with van der Waals surface area (Å²) in [4.78, 5) is 96.8. The Bertz CT molecular complexity index is 1290. The van der Waals surface area contributed by atoms with Crippen LogP contribution in [0.5, 0.6) is 0 Å². The molecule has 7 N–H and O–H groups in total. The first-order valence-electron chi connectivity index (χ1n) is 17.9. The second-order valence-corrected chi connectivity index (χ2v) is 14.9. The van der Waals surface area contributed by atoms with E-state index in [2.05, 4.69) is 16.0 Å². The van der Waals surface area contributed by atoms with Gasteiger partial charge in [0.1, 0.15) is 42.3 Å². The molecule has 3 aliphatic rings. The summed E-state index contributed by atoms with van der Waals surface area (Å²) in [7, 11) is 0. The Kier molecular flexibility index (Phi) is 14.2. The molecule has 3 saturated heterocycles. The van der Waals surface area contributed by atoms with Crippen molar-refractivity contribution in [1.29, 1.82) is 0 Å². The maximum absolute atomic E-state index is 13.9. The Morgan fingerprint density at radius 1 is 0.600 bits per heavy atom. The molecule has 16 nitrogen and oxygen atoms in total. The molecule has 0 unspecified atom stereocenters. The summed E-state index contributed by atoms with van der Waals surface area (Å²) in [6, 6.07) is -6.98. The molecule has 3 rings (SSSR count). The van der Waals surface area contributed by atoms with E-state index < -0.39 is 102 Å². The van der Waals surface area contributed by atoms with Crippen LogP contribution in [0.4, 0.5) is 0 Å². The van der Waals surface area contributed by atoms with Crippen LogP contribution in [0, 0.1) is 17.8 Å². The number of nitrogens with zero attached hydrogens (tertiary/aromatic N) is 3. The standard InChI is InChI=1S/C34H57N7O9/c1-17(2)25(36-28(43)21-11-8-14-39(21)32(47)24(35)20(7)42)29(44)37-26(18(3)4)30(45)38-27(19(5)6)33(48)40-15-9-12-22(40)31(46)41-16-10-13-23(41)34(49)50/h17-27,42H,8-16,35H2,1-7H3,(H,36,43)(H,37,44)(H,38,45)(H,49,50)/t20-,21+,22+,23+,24+,25+,26+,27+/m1/s1. The normalized spacial score (nSPS) is 23.8. The van der Waals surface area contributed by atoms with E-state index in [4.69, 9.17) is 5.73 Å². The number of carbonyl (C=O) groups is 7. The molecule has 0 bridgehead atoms. The molecule has 8 atom stereocenters. The van der Waals surface area contributed by atoms with Crippen molar-refractivity contribution in [2.24, 2.45) is 23.5 Å². The van der Waals surface area contributed by atoms with Gasteiger partial charge in [-0.3, -0.25) is 28.8 Å². The zero-order valence-corrected chi connectivity index (χ0v) is 30.4. The van der Waals surface area contributed by atoms with E-state index in [9.17, 15) is 43.8 Å². The van der Waals surface area contributed by atoms with Crippen molar-refractivity contribution in [3.05, 3.63) is 0 Å². The molecular weight excluding hydrogens is 650 g/mol. The summed E-state index contributed by atoms with van der Waals surface area (Å²) in [5.74, 6) is -5.46. The number of carboxylic acids is 1. The Labute approximate surface area is 294 Å². The lowest BCUT2D eigenvalue weighted by atomic mass is 9.97. The van der Waals surface area contributed by atoms with Gasteiger partial charge < -0.3 is 46.6 Å². The van der Waals surface area contributed by atoms with Gasteiger partial charge in [0.05, 0.1) is 6.10 Å². The zero-order chi connectivity index (χ0) is 37.6. The molecule has 0 aromatic heterocycles. The van der Waals surface area contributed by atoms with Gasteiger partial charge in [-0.15, -0.1) is 0 Å². The number of aliphatic hydroxyl groups excluding tert-OH is 1. The fourth-order valence-corrected chi connectivity index (χ4v) is 6.96. The number of rotatable bonds is 14. The maximum Gasteiger partial charge on any atom is 0.326 e. The van der Waals surface area contributed by atoms with Gasteiger partial charge in [-0.2, -0.15) is 0 Å². The molecule has 3 heterocycles. The molecule has 0 aliphatic carbocycles. The van der Waals surface area contributed by atoms with Crippen LogP contribution in [0.25, 0.3) is 0 Å². The fourth-order valence-electron chi connectivity index (χ4n) is 6.96. The maximum atomic E-state index is 13.9. The Morgan fingerprint density at radius 2 is 1.02 bits per heavy atom. The highest BCUT2D eigenvalue weighted by Crippen LogP contribution is 2.26. The van der Waals surface area contributed by atoms with Gasteiger partial charge in [-0.25, -0.2) is 4.79 Å². The summed E-state index contributed by atoms with van der Waals surface area (Å²) in [5, 5.41) is 27.7. The molecule has 16 heteroatoms. The Balaban J connectivity index is 1.72. The van der Waals surface area contributed by atoms with Gasteiger partial charge in [-0.1, -0.05) is 41.5 Å². The number of nitrogens with one attached hydrogen (secondary N) is 3. The van der Waals surface area contributed by atoms with Crippen molar-refractivity contribution < 1.29 is 43.8 Å². The summed E-state index contributed by atoms with van der Waals surface area (Å²) in [6.45, 7) is 12.7. The van der Waals surface area contributed by atoms with Gasteiger partial charge in [0, 0.05) is 19.6 Å². The zero-order valence-electron chi connectivity index (χ0n) is 30.4. The smallest absolute Gasteiger partial charge is 0.326 e. The van der Waals surface area contributed by atoms with Gasteiger partial charge in [0.15, 0.2) is 0 Å². The molecule has 0 saturated carbocycles. The van der Waals surface area contributed by atoms with Crippen molar-refractivity contribution in [2.45, 2.75) is 135 Å². The fraction of sp³-hybridized carbons (Fsp3) is 0.794. The predicted octanol–water partition coefficient (Wildman–Crippen LogP) is -0.825. The van der Waals surface area contributed by atoms with E-state index in [-0.39, 0.29) is 19.0 Å². The van der Waals surface area contributed by atoms with Crippen molar-refractivity contribution in [3.8, 4) is 0 Å². The third kappa shape index (κ3) is 9.30. The largest absolute Gasteiger partial charge is 0.480 e. The first-order chi connectivity index (χ1) is 23.4. The van der Waals surface area contributed by atoms with Crippen LogP contribution >= 0.6 is 0 Å². The number of aliphatic hydroxyl groups is 1. The second-order valence-electron chi connectivity index (χ2n) is 14.9.